The SMILES string of the molecule is CC(C)N(CC(N)=O)C(C)C#N. The number of amides is 1. The summed E-state index contributed by atoms with van der Waals surface area (Å²) in [6, 6.07) is 1.96. The number of nitrogens with two attached hydrogens (primary N) is 1. The summed E-state index contributed by atoms with van der Waals surface area (Å²) in [5, 5.41) is 8.62. The molecule has 0 spiro atoms. The van der Waals surface area contributed by atoms with Crippen LogP contribution in [0.3, 0.4) is 0 Å². The number of nitriles is 1. The van der Waals surface area contributed by atoms with Crippen molar-refractivity contribution in [3.8, 4) is 6.07 Å². The molecule has 0 aromatic rings. The molecule has 0 radical (unpaired) electrons. The average molecular weight is 169 g/mol. The van der Waals surface area contributed by atoms with Crippen molar-refractivity contribution < 1.29 is 4.79 Å². The summed E-state index contributed by atoms with van der Waals surface area (Å²) < 4.78 is 0. The van der Waals surface area contributed by atoms with Gasteiger partial charge in [-0.25, -0.2) is 0 Å². The lowest BCUT2D eigenvalue weighted by Crippen LogP contribution is -2.43. The number of rotatable bonds is 4. The van der Waals surface area contributed by atoms with E-state index in [1.165, 1.54) is 0 Å². The summed E-state index contributed by atoms with van der Waals surface area (Å²) in [4.78, 5) is 12.4. The first-order valence-corrected chi connectivity index (χ1v) is 3.92. The Bertz CT molecular complexity index is 195. The van der Waals surface area contributed by atoms with Crippen molar-refractivity contribution in [2.24, 2.45) is 5.73 Å². The first-order chi connectivity index (χ1) is 5.49. The van der Waals surface area contributed by atoms with Crippen molar-refractivity contribution >= 4 is 5.91 Å². The maximum atomic E-state index is 10.6. The number of nitrogens with zero attached hydrogens (tertiary/aromatic N) is 2. The van der Waals surface area contributed by atoms with E-state index in [9.17, 15) is 4.79 Å². The zero-order valence-corrected chi connectivity index (χ0v) is 7.74. The molecule has 0 fully saturated rings. The summed E-state index contributed by atoms with van der Waals surface area (Å²) in [5.74, 6) is -0.397. The zero-order chi connectivity index (χ0) is 9.72. The molecule has 1 amide bonds. The molecule has 4 heteroatoms. The molecular weight excluding hydrogens is 154 g/mol. The van der Waals surface area contributed by atoms with Gasteiger partial charge in [0.25, 0.3) is 0 Å². The fourth-order valence-electron chi connectivity index (χ4n) is 1.02. The second-order valence-electron chi connectivity index (χ2n) is 3.04. The lowest BCUT2D eigenvalue weighted by molar-refractivity contribution is -0.119. The Morgan fingerprint density at radius 2 is 2.08 bits per heavy atom. The fourth-order valence-corrected chi connectivity index (χ4v) is 1.02. The van der Waals surface area contributed by atoms with Gasteiger partial charge in [-0.2, -0.15) is 5.26 Å². The van der Waals surface area contributed by atoms with Crippen molar-refractivity contribution in [1.29, 1.82) is 5.26 Å². The Labute approximate surface area is 72.9 Å². The van der Waals surface area contributed by atoms with Gasteiger partial charge in [0.15, 0.2) is 0 Å². The third-order valence-corrected chi connectivity index (χ3v) is 1.69. The minimum Gasteiger partial charge on any atom is -0.369 e. The molecule has 1 unspecified atom stereocenters. The molecular formula is C8H15N3O. The number of hydrogen-bond acceptors (Lipinski definition) is 3. The van der Waals surface area contributed by atoms with Crippen molar-refractivity contribution in [2.75, 3.05) is 6.54 Å². The molecule has 0 saturated carbocycles. The van der Waals surface area contributed by atoms with Crippen molar-refractivity contribution in [3.05, 3.63) is 0 Å². The van der Waals surface area contributed by atoms with Crippen LogP contribution < -0.4 is 5.73 Å². The molecule has 68 valence electrons. The highest BCUT2D eigenvalue weighted by atomic mass is 16.1. The van der Waals surface area contributed by atoms with Crippen LogP contribution in [0, 0.1) is 11.3 Å². The first kappa shape index (κ1) is 10.9. The largest absolute Gasteiger partial charge is 0.369 e. The van der Waals surface area contributed by atoms with Crippen LogP contribution in [0.15, 0.2) is 0 Å². The average Bonchev–Trinajstić information content (AvgIpc) is 1.98. The van der Waals surface area contributed by atoms with Gasteiger partial charge in [0.2, 0.25) is 5.91 Å². The Hall–Kier alpha value is -1.08. The summed E-state index contributed by atoms with van der Waals surface area (Å²) in [6.45, 7) is 5.75. The van der Waals surface area contributed by atoms with E-state index >= 15 is 0 Å². The summed E-state index contributed by atoms with van der Waals surface area (Å²) in [5.41, 5.74) is 5.03. The van der Waals surface area contributed by atoms with Crippen LogP contribution in [-0.2, 0) is 4.79 Å². The fraction of sp³-hybridized carbons (Fsp3) is 0.750. The van der Waals surface area contributed by atoms with Crippen LogP contribution >= 0.6 is 0 Å². The summed E-state index contributed by atoms with van der Waals surface area (Å²) in [7, 11) is 0. The van der Waals surface area contributed by atoms with E-state index in [1.54, 1.807) is 11.8 Å². The van der Waals surface area contributed by atoms with Gasteiger partial charge >= 0.3 is 0 Å². The minimum atomic E-state index is -0.397. The van der Waals surface area contributed by atoms with E-state index in [1.807, 2.05) is 13.8 Å². The van der Waals surface area contributed by atoms with Crippen molar-refractivity contribution in [3.63, 3.8) is 0 Å². The van der Waals surface area contributed by atoms with Crippen LogP contribution in [0.2, 0.25) is 0 Å². The van der Waals surface area contributed by atoms with Crippen LogP contribution in [0.4, 0.5) is 0 Å². The van der Waals surface area contributed by atoms with E-state index < -0.39 is 5.91 Å². The summed E-state index contributed by atoms with van der Waals surface area (Å²) >= 11 is 0. The summed E-state index contributed by atoms with van der Waals surface area (Å²) in [6.07, 6.45) is 0. The van der Waals surface area contributed by atoms with Gasteiger partial charge in [-0.3, -0.25) is 9.69 Å². The minimum absolute atomic E-state index is 0.145. The molecule has 0 saturated heterocycles. The monoisotopic (exact) mass is 169 g/mol. The van der Waals surface area contributed by atoms with Crippen molar-refractivity contribution in [2.45, 2.75) is 32.9 Å². The van der Waals surface area contributed by atoms with Gasteiger partial charge in [-0.05, 0) is 20.8 Å². The van der Waals surface area contributed by atoms with E-state index in [2.05, 4.69) is 6.07 Å². The van der Waals surface area contributed by atoms with Gasteiger partial charge in [0.05, 0.1) is 18.7 Å². The Morgan fingerprint density at radius 1 is 1.58 bits per heavy atom. The quantitative estimate of drug-likeness (QED) is 0.648. The van der Waals surface area contributed by atoms with Crippen LogP contribution in [-0.4, -0.2) is 29.4 Å². The molecule has 0 rings (SSSR count). The number of primary amides is 1. The first-order valence-electron chi connectivity index (χ1n) is 3.92. The zero-order valence-electron chi connectivity index (χ0n) is 7.74. The third-order valence-electron chi connectivity index (χ3n) is 1.69. The molecule has 12 heavy (non-hydrogen) atoms. The van der Waals surface area contributed by atoms with E-state index in [0.29, 0.717) is 0 Å². The molecule has 0 aliphatic heterocycles. The van der Waals surface area contributed by atoms with E-state index in [-0.39, 0.29) is 18.6 Å². The second-order valence-corrected chi connectivity index (χ2v) is 3.04. The molecule has 2 N–H and O–H groups in total. The topological polar surface area (TPSA) is 70.1 Å². The maximum Gasteiger partial charge on any atom is 0.231 e. The predicted octanol–water partition coefficient (Wildman–Crippen LogP) is 0.0942. The number of hydrogen-bond donors (Lipinski definition) is 1. The molecule has 0 aromatic heterocycles. The Balaban J connectivity index is 4.25. The number of carbonyl (C=O) groups is 1. The van der Waals surface area contributed by atoms with Gasteiger partial charge in [0.1, 0.15) is 0 Å². The molecule has 1 atom stereocenters. The van der Waals surface area contributed by atoms with Crippen LogP contribution in [0.25, 0.3) is 0 Å². The highest BCUT2D eigenvalue weighted by molar-refractivity contribution is 5.76. The molecule has 0 aliphatic rings. The molecule has 0 heterocycles. The molecule has 0 bridgehead atoms. The molecule has 0 aliphatic carbocycles. The van der Waals surface area contributed by atoms with Crippen LogP contribution in [0.5, 0.6) is 0 Å². The van der Waals surface area contributed by atoms with Crippen molar-refractivity contribution in [1.82, 2.24) is 4.90 Å². The Kier molecular flexibility index (Phi) is 4.30. The van der Waals surface area contributed by atoms with E-state index in [0.717, 1.165) is 0 Å². The lowest BCUT2D eigenvalue weighted by Gasteiger charge is -2.26. The van der Waals surface area contributed by atoms with Gasteiger partial charge in [-0.1, -0.05) is 0 Å². The van der Waals surface area contributed by atoms with Crippen LogP contribution in [0.1, 0.15) is 20.8 Å². The number of carbonyl (C=O) groups excluding carboxylic acids is 1. The third kappa shape index (κ3) is 3.35. The highest BCUT2D eigenvalue weighted by Crippen LogP contribution is 2.03. The smallest absolute Gasteiger partial charge is 0.231 e. The van der Waals surface area contributed by atoms with Gasteiger partial charge < -0.3 is 5.73 Å². The normalized spacial score (nSPS) is 13.0. The lowest BCUT2D eigenvalue weighted by atomic mass is 10.2. The predicted molar refractivity (Wildman–Crippen MR) is 46.1 cm³/mol. The van der Waals surface area contributed by atoms with Gasteiger partial charge in [-0.15, -0.1) is 0 Å². The maximum absolute atomic E-state index is 10.6. The Morgan fingerprint density at radius 3 is 2.33 bits per heavy atom. The van der Waals surface area contributed by atoms with Gasteiger partial charge in [0, 0.05) is 6.04 Å². The second kappa shape index (κ2) is 4.73. The standard InChI is InChI=1S/C8H15N3O/c1-6(2)11(5-8(10)12)7(3)4-9/h6-7H,5H2,1-3H3,(H2,10,12). The molecule has 4 nitrogen and oxygen atoms in total. The highest BCUT2D eigenvalue weighted by Gasteiger charge is 2.17. The molecule has 0 aromatic carbocycles. The van der Waals surface area contributed by atoms with E-state index in [4.69, 9.17) is 11.0 Å².